The SMILES string of the molecule is Cl.NC(C(=O)NCc1ccc2ccccc2c1)C1CCOCC1. The molecule has 1 aliphatic rings. The molecular weight excluding hydrogens is 312 g/mol. The number of benzene rings is 2. The van der Waals surface area contributed by atoms with Crippen LogP contribution in [0.1, 0.15) is 18.4 Å². The number of halogens is 1. The predicted octanol–water partition coefficient (Wildman–Crippen LogP) is 2.63. The van der Waals surface area contributed by atoms with Crippen molar-refractivity contribution in [3.05, 3.63) is 48.0 Å². The smallest absolute Gasteiger partial charge is 0.237 e. The van der Waals surface area contributed by atoms with Crippen molar-refractivity contribution in [1.82, 2.24) is 5.32 Å². The van der Waals surface area contributed by atoms with E-state index in [1.54, 1.807) is 0 Å². The van der Waals surface area contributed by atoms with E-state index in [9.17, 15) is 4.79 Å². The van der Waals surface area contributed by atoms with Gasteiger partial charge in [-0.2, -0.15) is 0 Å². The molecule has 0 spiro atoms. The van der Waals surface area contributed by atoms with Crippen LogP contribution in [0, 0.1) is 5.92 Å². The zero-order chi connectivity index (χ0) is 15.4. The quantitative estimate of drug-likeness (QED) is 0.903. The van der Waals surface area contributed by atoms with Gasteiger partial charge in [0.05, 0.1) is 6.04 Å². The van der Waals surface area contributed by atoms with Gasteiger partial charge in [-0.05, 0) is 41.2 Å². The first-order valence-electron chi connectivity index (χ1n) is 7.83. The maximum absolute atomic E-state index is 12.2. The van der Waals surface area contributed by atoms with Crippen LogP contribution >= 0.6 is 12.4 Å². The Balaban J connectivity index is 0.00000192. The van der Waals surface area contributed by atoms with Crippen molar-refractivity contribution in [1.29, 1.82) is 0 Å². The van der Waals surface area contributed by atoms with Gasteiger partial charge < -0.3 is 15.8 Å². The molecule has 0 radical (unpaired) electrons. The van der Waals surface area contributed by atoms with E-state index in [1.807, 2.05) is 18.2 Å². The van der Waals surface area contributed by atoms with Gasteiger partial charge in [0.1, 0.15) is 0 Å². The molecule has 124 valence electrons. The first-order chi connectivity index (χ1) is 10.7. The highest BCUT2D eigenvalue weighted by atomic mass is 35.5. The van der Waals surface area contributed by atoms with Gasteiger partial charge in [0.25, 0.3) is 0 Å². The second-order valence-corrected chi connectivity index (χ2v) is 5.87. The Labute approximate surface area is 142 Å². The van der Waals surface area contributed by atoms with Crippen molar-refractivity contribution in [3.8, 4) is 0 Å². The van der Waals surface area contributed by atoms with Crippen LogP contribution < -0.4 is 11.1 Å². The van der Waals surface area contributed by atoms with E-state index >= 15 is 0 Å². The number of hydrogen-bond donors (Lipinski definition) is 2. The summed E-state index contributed by atoms with van der Waals surface area (Å²) in [5, 5.41) is 5.34. The summed E-state index contributed by atoms with van der Waals surface area (Å²) >= 11 is 0. The molecule has 1 unspecified atom stereocenters. The molecule has 1 atom stereocenters. The van der Waals surface area contributed by atoms with Crippen LogP contribution in [0.2, 0.25) is 0 Å². The second kappa shape index (κ2) is 8.29. The Bertz CT molecular complexity index is 656. The Morgan fingerprint density at radius 1 is 1.17 bits per heavy atom. The van der Waals surface area contributed by atoms with Gasteiger partial charge in [-0.25, -0.2) is 0 Å². The molecule has 0 aromatic heterocycles. The Morgan fingerprint density at radius 3 is 2.61 bits per heavy atom. The minimum atomic E-state index is -0.440. The van der Waals surface area contributed by atoms with Gasteiger partial charge in [-0.3, -0.25) is 4.79 Å². The van der Waals surface area contributed by atoms with Crippen molar-refractivity contribution >= 4 is 29.1 Å². The van der Waals surface area contributed by atoms with Crippen LogP contribution in [0.25, 0.3) is 10.8 Å². The summed E-state index contributed by atoms with van der Waals surface area (Å²) < 4.78 is 5.31. The van der Waals surface area contributed by atoms with Crippen LogP contribution in [-0.4, -0.2) is 25.2 Å². The second-order valence-electron chi connectivity index (χ2n) is 5.87. The van der Waals surface area contributed by atoms with Crippen molar-refractivity contribution in [3.63, 3.8) is 0 Å². The van der Waals surface area contributed by atoms with Crippen LogP contribution in [0.3, 0.4) is 0 Å². The average molecular weight is 335 g/mol. The lowest BCUT2D eigenvalue weighted by atomic mass is 9.92. The van der Waals surface area contributed by atoms with E-state index in [-0.39, 0.29) is 24.2 Å². The topological polar surface area (TPSA) is 64.4 Å². The number of hydrogen-bond acceptors (Lipinski definition) is 3. The molecule has 0 aliphatic carbocycles. The van der Waals surface area contributed by atoms with Crippen molar-refractivity contribution in [2.24, 2.45) is 11.7 Å². The minimum Gasteiger partial charge on any atom is -0.381 e. The van der Waals surface area contributed by atoms with Crippen LogP contribution in [0.15, 0.2) is 42.5 Å². The molecule has 3 rings (SSSR count). The highest BCUT2D eigenvalue weighted by Gasteiger charge is 2.26. The van der Waals surface area contributed by atoms with Crippen LogP contribution in [0.4, 0.5) is 0 Å². The summed E-state index contributed by atoms with van der Waals surface area (Å²) in [6.45, 7) is 1.92. The molecule has 2 aromatic carbocycles. The van der Waals surface area contributed by atoms with Crippen LogP contribution in [0.5, 0.6) is 0 Å². The van der Waals surface area contributed by atoms with E-state index in [0.717, 1.165) is 18.4 Å². The number of ether oxygens (including phenoxy) is 1. The fourth-order valence-corrected chi connectivity index (χ4v) is 2.94. The van der Waals surface area contributed by atoms with E-state index in [0.29, 0.717) is 19.8 Å². The molecule has 0 saturated carbocycles. The Kier molecular flexibility index (Phi) is 6.39. The maximum Gasteiger partial charge on any atom is 0.237 e. The van der Waals surface area contributed by atoms with Gasteiger partial charge in [0.2, 0.25) is 5.91 Å². The summed E-state index contributed by atoms with van der Waals surface area (Å²) in [7, 11) is 0. The molecule has 23 heavy (non-hydrogen) atoms. The summed E-state index contributed by atoms with van der Waals surface area (Å²) in [5.41, 5.74) is 7.17. The number of amides is 1. The number of nitrogens with two attached hydrogens (primary N) is 1. The monoisotopic (exact) mass is 334 g/mol. The molecule has 0 bridgehead atoms. The predicted molar refractivity (Wildman–Crippen MR) is 94.6 cm³/mol. The third-order valence-corrected chi connectivity index (χ3v) is 4.36. The van der Waals surface area contributed by atoms with Crippen molar-refractivity contribution in [2.75, 3.05) is 13.2 Å². The van der Waals surface area contributed by atoms with Crippen molar-refractivity contribution in [2.45, 2.75) is 25.4 Å². The normalized spacial score (nSPS) is 16.6. The lowest BCUT2D eigenvalue weighted by Gasteiger charge is -2.26. The number of fused-ring (bicyclic) bond motifs is 1. The lowest BCUT2D eigenvalue weighted by Crippen LogP contribution is -2.46. The number of rotatable bonds is 4. The molecule has 1 heterocycles. The van der Waals surface area contributed by atoms with E-state index in [1.165, 1.54) is 10.8 Å². The fourth-order valence-electron chi connectivity index (χ4n) is 2.94. The number of nitrogens with one attached hydrogen (secondary N) is 1. The van der Waals surface area contributed by atoms with Gasteiger partial charge in [0.15, 0.2) is 0 Å². The number of carbonyl (C=O) groups is 1. The largest absolute Gasteiger partial charge is 0.381 e. The zero-order valence-corrected chi connectivity index (χ0v) is 13.9. The first-order valence-corrected chi connectivity index (χ1v) is 7.83. The molecule has 1 aliphatic heterocycles. The maximum atomic E-state index is 12.2. The van der Waals surface area contributed by atoms with Gasteiger partial charge in [-0.15, -0.1) is 12.4 Å². The molecule has 4 nitrogen and oxygen atoms in total. The van der Waals surface area contributed by atoms with E-state index < -0.39 is 6.04 Å². The highest BCUT2D eigenvalue weighted by molar-refractivity contribution is 5.85. The van der Waals surface area contributed by atoms with Gasteiger partial charge >= 0.3 is 0 Å². The van der Waals surface area contributed by atoms with Crippen LogP contribution in [-0.2, 0) is 16.1 Å². The van der Waals surface area contributed by atoms with Gasteiger partial charge in [-0.1, -0.05) is 36.4 Å². The van der Waals surface area contributed by atoms with E-state index in [2.05, 4.69) is 29.6 Å². The minimum absolute atomic E-state index is 0. The van der Waals surface area contributed by atoms with Gasteiger partial charge in [0, 0.05) is 19.8 Å². The first kappa shape index (κ1) is 17.7. The highest BCUT2D eigenvalue weighted by Crippen LogP contribution is 2.18. The third kappa shape index (κ3) is 4.44. The molecular formula is C18H23ClN2O2. The lowest BCUT2D eigenvalue weighted by molar-refractivity contribution is -0.124. The fraction of sp³-hybridized carbons (Fsp3) is 0.389. The van der Waals surface area contributed by atoms with E-state index in [4.69, 9.17) is 10.5 Å². The third-order valence-electron chi connectivity index (χ3n) is 4.36. The molecule has 1 amide bonds. The molecule has 5 heteroatoms. The molecule has 1 saturated heterocycles. The summed E-state index contributed by atoms with van der Waals surface area (Å²) in [5.74, 6) is 0.158. The summed E-state index contributed by atoms with van der Waals surface area (Å²) in [6.07, 6.45) is 1.73. The average Bonchev–Trinajstić information content (AvgIpc) is 2.59. The summed E-state index contributed by atoms with van der Waals surface area (Å²) in [6, 6.07) is 14.0. The summed E-state index contributed by atoms with van der Waals surface area (Å²) in [4.78, 5) is 12.2. The molecule has 1 fully saturated rings. The molecule has 2 aromatic rings. The number of carbonyl (C=O) groups excluding carboxylic acids is 1. The Morgan fingerprint density at radius 2 is 1.87 bits per heavy atom. The zero-order valence-electron chi connectivity index (χ0n) is 13.0. The van der Waals surface area contributed by atoms with Crippen molar-refractivity contribution < 1.29 is 9.53 Å². The Hall–Kier alpha value is -1.62. The standard InChI is InChI=1S/C18H22N2O2.ClH/c19-17(15-7-9-22-10-8-15)18(21)20-12-13-5-6-14-3-1-2-4-16(14)11-13;/h1-6,11,15,17H,7-10,12,19H2,(H,20,21);1H. The molecule has 3 N–H and O–H groups in total.